The molecule has 0 aliphatic carbocycles. The number of nitrogens with one attached hydrogen (secondary N) is 1. The van der Waals surface area contributed by atoms with Gasteiger partial charge in [0.25, 0.3) is 11.8 Å². The van der Waals surface area contributed by atoms with Crippen molar-refractivity contribution in [3.8, 4) is 11.5 Å². The molecule has 0 atom stereocenters. The van der Waals surface area contributed by atoms with Crippen molar-refractivity contribution >= 4 is 53.1 Å². The number of methoxy groups -OCH3 is 1. The van der Waals surface area contributed by atoms with Gasteiger partial charge in [0, 0.05) is 0 Å². The Morgan fingerprint density at radius 1 is 1.11 bits per heavy atom. The first-order valence-corrected chi connectivity index (χ1v) is 10.4. The lowest BCUT2D eigenvalue weighted by molar-refractivity contribution is -0.139. The number of rotatable bonds is 8. The van der Waals surface area contributed by atoms with Crippen LogP contribution in [0.25, 0.3) is 6.08 Å². The molecule has 35 heavy (non-hydrogen) atoms. The van der Waals surface area contributed by atoms with Gasteiger partial charge in [-0.1, -0.05) is 11.6 Å². The molecule has 0 saturated carbocycles. The van der Waals surface area contributed by atoms with E-state index in [0.29, 0.717) is 0 Å². The van der Waals surface area contributed by atoms with Crippen LogP contribution >= 0.6 is 11.6 Å². The fourth-order valence-corrected chi connectivity index (χ4v) is 3.40. The number of carboxylic acids is 1. The van der Waals surface area contributed by atoms with E-state index in [2.05, 4.69) is 10.1 Å². The maximum atomic E-state index is 13.1. The smallest absolute Gasteiger partial charge is 0.341 e. The van der Waals surface area contributed by atoms with Crippen LogP contribution in [-0.2, 0) is 19.1 Å². The molecule has 1 aliphatic heterocycles. The van der Waals surface area contributed by atoms with E-state index in [4.69, 9.17) is 26.2 Å². The zero-order valence-corrected chi connectivity index (χ0v) is 19.2. The average Bonchev–Trinajstić information content (AvgIpc) is 2.81. The number of hydrogen-bond donors (Lipinski definition) is 2. The SMILES string of the molecule is CCOc1cc(/C=C2\C(=O)NC(=O)N(c3ccc(C(=O)OC)cc3)C2=O)cc(Cl)c1OCC(=O)O. The van der Waals surface area contributed by atoms with Crippen molar-refractivity contribution in [2.75, 3.05) is 25.2 Å². The summed E-state index contributed by atoms with van der Waals surface area (Å²) in [5.74, 6) is -3.57. The number of ether oxygens (including phenoxy) is 3. The van der Waals surface area contributed by atoms with Gasteiger partial charge in [0.15, 0.2) is 18.1 Å². The highest BCUT2D eigenvalue weighted by Crippen LogP contribution is 2.37. The summed E-state index contributed by atoms with van der Waals surface area (Å²) in [4.78, 5) is 61.2. The predicted molar refractivity (Wildman–Crippen MR) is 123 cm³/mol. The minimum atomic E-state index is -1.22. The molecule has 2 aromatic rings. The quantitative estimate of drug-likeness (QED) is 0.315. The Kier molecular flexibility index (Phi) is 7.72. The van der Waals surface area contributed by atoms with Gasteiger partial charge in [0.1, 0.15) is 5.57 Å². The maximum absolute atomic E-state index is 13.1. The van der Waals surface area contributed by atoms with Crippen molar-refractivity contribution < 1.29 is 43.3 Å². The second-order valence-corrected chi connectivity index (χ2v) is 7.35. The Morgan fingerprint density at radius 2 is 1.80 bits per heavy atom. The summed E-state index contributed by atoms with van der Waals surface area (Å²) in [6, 6.07) is 7.24. The number of amides is 4. The molecule has 1 fully saturated rings. The molecule has 3 rings (SSSR count). The fourth-order valence-electron chi connectivity index (χ4n) is 3.13. The van der Waals surface area contributed by atoms with E-state index in [1.54, 1.807) is 6.92 Å². The van der Waals surface area contributed by atoms with Crippen molar-refractivity contribution in [1.29, 1.82) is 0 Å². The van der Waals surface area contributed by atoms with Gasteiger partial charge in [-0.25, -0.2) is 19.3 Å². The van der Waals surface area contributed by atoms with Gasteiger partial charge in [0.2, 0.25) is 0 Å². The van der Waals surface area contributed by atoms with Gasteiger partial charge in [-0.15, -0.1) is 0 Å². The summed E-state index contributed by atoms with van der Waals surface area (Å²) < 4.78 is 15.3. The molecular formula is C23H19ClN2O9. The lowest BCUT2D eigenvalue weighted by Crippen LogP contribution is -2.54. The summed E-state index contributed by atoms with van der Waals surface area (Å²) in [5, 5.41) is 10.9. The van der Waals surface area contributed by atoms with E-state index in [0.717, 1.165) is 4.90 Å². The molecule has 2 N–H and O–H groups in total. The van der Waals surface area contributed by atoms with Crippen LogP contribution in [0.3, 0.4) is 0 Å². The average molecular weight is 503 g/mol. The number of urea groups is 1. The number of imide groups is 2. The summed E-state index contributed by atoms with van der Waals surface area (Å²) >= 11 is 6.23. The molecule has 0 unspecified atom stereocenters. The number of barbiturate groups is 1. The molecule has 1 saturated heterocycles. The van der Waals surface area contributed by atoms with Crippen LogP contribution in [0.15, 0.2) is 42.0 Å². The zero-order valence-electron chi connectivity index (χ0n) is 18.5. The molecular weight excluding hydrogens is 484 g/mol. The highest BCUT2D eigenvalue weighted by molar-refractivity contribution is 6.39. The van der Waals surface area contributed by atoms with Gasteiger partial charge < -0.3 is 19.3 Å². The van der Waals surface area contributed by atoms with Crippen molar-refractivity contribution in [3.63, 3.8) is 0 Å². The third kappa shape index (κ3) is 5.58. The molecule has 2 aromatic carbocycles. The second-order valence-electron chi connectivity index (χ2n) is 6.94. The van der Waals surface area contributed by atoms with Crippen LogP contribution in [0.4, 0.5) is 10.5 Å². The largest absolute Gasteiger partial charge is 0.490 e. The Balaban J connectivity index is 1.98. The van der Waals surface area contributed by atoms with Crippen LogP contribution < -0.4 is 19.7 Å². The molecule has 0 spiro atoms. The number of halogens is 1. The number of benzene rings is 2. The van der Waals surface area contributed by atoms with E-state index in [1.165, 1.54) is 49.6 Å². The number of esters is 1. The standard InChI is InChI=1S/C23H19ClN2O9/c1-3-34-17-10-12(9-16(24)19(17)35-11-18(27)28)8-15-20(29)25-23(32)26(21(15)30)14-6-4-13(5-7-14)22(31)33-2/h4-10H,3,11H2,1-2H3,(H,27,28)(H,25,29,32)/b15-8+. The predicted octanol–water partition coefficient (Wildman–Crippen LogP) is 2.66. The maximum Gasteiger partial charge on any atom is 0.341 e. The van der Waals surface area contributed by atoms with Crippen molar-refractivity contribution in [1.82, 2.24) is 5.32 Å². The van der Waals surface area contributed by atoms with E-state index >= 15 is 0 Å². The topological polar surface area (TPSA) is 149 Å². The molecule has 12 heteroatoms. The molecule has 11 nitrogen and oxygen atoms in total. The number of nitrogens with zero attached hydrogens (tertiary/aromatic N) is 1. The number of hydrogen-bond acceptors (Lipinski definition) is 8. The van der Waals surface area contributed by atoms with Gasteiger partial charge in [0.05, 0.1) is 30.0 Å². The first-order valence-electron chi connectivity index (χ1n) is 10.1. The molecule has 182 valence electrons. The van der Waals surface area contributed by atoms with Crippen LogP contribution in [0.1, 0.15) is 22.8 Å². The van der Waals surface area contributed by atoms with Crippen molar-refractivity contribution in [2.24, 2.45) is 0 Å². The number of carbonyl (C=O) groups excluding carboxylic acids is 4. The molecule has 1 heterocycles. The Labute approximate surface area is 203 Å². The van der Waals surface area contributed by atoms with Crippen molar-refractivity contribution in [3.05, 3.63) is 58.1 Å². The Bertz CT molecular complexity index is 1240. The van der Waals surface area contributed by atoms with Gasteiger partial charge in [-0.3, -0.25) is 14.9 Å². The van der Waals surface area contributed by atoms with Crippen LogP contribution in [-0.4, -0.2) is 55.2 Å². The van der Waals surface area contributed by atoms with Crippen LogP contribution in [0.2, 0.25) is 5.02 Å². The molecule has 0 aromatic heterocycles. The summed E-state index contributed by atoms with van der Waals surface area (Å²) in [6.07, 6.45) is 1.20. The first kappa shape index (κ1) is 25.2. The number of carbonyl (C=O) groups is 5. The molecule has 1 aliphatic rings. The number of aliphatic carboxylic acids is 1. The fraction of sp³-hybridized carbons (Fsp3) is 0.174. The molecule has 0 radical (unpaired) electrons. The summed E-state index contributed by atoms with van der Waals surface area (Å²) in [7, 11) is 1.22. The van der Waals surface area contributed by atoms with E-state index in [-0.39, 0.29) is 45.5 Å². The summed E-state index contributed by atoms with van der Waals surface area (Å²) in [5.41, 5.74) is 0.203. The minimum Gasteiger partial charge on any atom is -0.490 e. The first-order chi connectivity index (χ1) is 16.7. The third-order valence-electron chi connectivity index (χ3n) is 4.63. The highest BCUT2D eigenvalue weighted by Gasteiger charge is 2.37. The molecule has 4 amide bonds. The lowest BCUT2D eigenvalue weighted by Gasteiger charge is -2.26. The monoisotopic (exact) mass is 502 g/mol. The molecule has 0 bridgehead atoms. The van der Waals surface area contributed by atoms with Gasteiger partial charge >= 0.3 is 18.0 Å². The van der Waals surface area contributed by atoms with E-state index in [1.807, 2.05) is 0 Å². The van der Waals surface area contributed by atoms with Crippen LogP contribution in [0, 0.1) is 0 Å². The second kappa shape index (κ2) is 10.7. The number of anilines is 1. The van der Waals surface area contributed by atoms with Gasteiger partial charge in [-0.2, -0.15) is 0 Å². The number of carboxylic acid groups (broad SMARTS) is 1. The van der Waals surface area contributed by atoms with Crippen LogP contribution in [0.5, 0.6) is 11.5 Å². The minimum absolute atomic E-state index is 0.0139. The van der Waals surface area contributed by atoms with Gasteiger partial charge in [-0.05, 0) is 55.0 Å². The Morgan fingerprint density at radius 3 is 2.40 bits per heavy atom. The zero-order chi connectivity index (χ0) is 25.7. The Hall–Kier alpha value is -4.38. The normalized spacial score (nSPS) is 14.5. The summed E-state index contributed by atoms with van der Waals surface area (Å²) in [6.45, 7) is 1.23. The van der Waals surface area contributed by atoms with E-state index in [9.17, 15) is 24.0 Å². The van der Waals surface area contributed by atoms with E-state index < -0.39 is 36.4 Å². The highest BCUT2D eigenvalue weighted by atomic mass is 35.5. The van der Waals surface area contributed by atoms with Crippen molar-refractivity contribution in [2.45, 2.75) is 6.92 Å². The third-order valence-corrected chi connectivity index (χ3v) is 4.91. The lowest BCUT2D eigenvalue weighted by atomic mass is 10.1.